The van der Waals surface area contributed by atoms with Crippen LogP contribution in [0.25, 0.3) is 11.0 Å². The first-order valence-corrected chi connectivity index (χ1v) is 7.30. The molecule has 1 aliphatic heterocycles. The maximum absolute atomic E-state index is 12.6. The van der Waals surface area contributed by atoms with E-state index in [9.17, 15) is 14.7 Å². The van der Waals surface area contributed by atoms with Gasteiger partial charge in [-0.15, -0.1) is 0 Å². The molecular formula is C16H18N2O4. The number of hydrogen-bond donors (Lipinski definition) is 1. The van der Waals surface area contributed by atoms with E-state index in [0.29, 0.717) is 37.3 Å². The average Bonchev–Trinajstić information content (AvgIpc) is 2.97. The predicted molar refractivity (Wildman–Crippen MR) is 80.4 cm³/mol. The molecule has 1 fully saturated rings. The molecule has 1 aromatic carbocycles. The number of fused-ring (bicyclic) bond motifs is 1. The van der Waals surface area contributed by atoms with Crippen LogP contribution in [0.5, 0.6) is 0 Å². The van der Waals surface area contributed by atoms with Crippen molar-refractivity contribution in [2.45, 2.75) is 13.0 Å². The third-order valence-corrected chi connectivity index (χ3v) is 3.95. The lowest BCUT2D eigenvalue weighted by atomic mass is 10.1. The third-order valence-electron chi connectivity index (χ3n) is 3.95. The number of nitrogens with zero attached hydrogens (tertiary/aromatic N) is 2. The van der Waals surface area contributed by atoms with E-state index in [4.69, 9.17) is 4.42 Å². The molecule has 1 aromatic heterocycles. The molecule has 6 nitrogen and oxygen atoms in total. The lowest BCUT2D eigenvalue weighted by Crippen LogP contribution is -2.52. The van der Waals surface area contributed by atoms with Crippen molar-refractivity contribution in [3.8, 4) is 0 Å². The van der Waals surface area contributed by atoms with Crippen LogP contribution in [-0.4, -0.2) is 59.0 Å². The first-order chi connectivity index (χ1) is 10.6. The highest BCUT2D eigenvalue weighted by Crippen LogP contribution is 2.22. The van der Waals surface area contributed by atoms with Gasteiger partial charge in [0.05, 0.1) is 5.56 Å². The Morgan fingerprint density at radius 1 is 1.14 bits per heavy atom. The highest BCUT2D eigenvalue weighted by atomic mass is 16.3. The Hall–Kier alpha value is -2.34. The van der Waals surface area contributed by atoms with E-state index in [-0.39, 0.29) is 11.8 Å². The second-order valence-corrected chi connectivity index (χ2v) is 5.44. The second-order valence-electron chi connectivity index (χ2n) is 5.44. The van der Waals surface area contributed by atoms with Crippen molar-refractivity contribution in [2.75, 3.05) is 26.2 Å². The highest BCUT2D eigenvalue weighted by molar-refractivity contribution is 6.05. The van der Waals surface area contributed by atoms with Crippen LogP contribution in [0.4, 0.5) is 0 Å². The van der Waals surface area contributed by atoms with Gasteiger partial charge in [-0.2, -0.15) is 0 Å². The van der Waals surface area contributed by atoms with Gasteiger partial charge in [0.1, 0.15) is 18.0 Å². The molecule has 2 amide bonds. The van der Waals surface area contributed by atoms with Gasteiger partial charge in [-0.25, -0.2) is 0 Å². The Labute approximate surface area is 127 Å². The molecule has 0 spiro atoms. The minimum atomic E-state index is -1.000. The second kappa shape index (κ2) is 5.81. The number of aliphatic hydroxyl groups excluding tert-OH is 1. The van der Waals surface area contributed by atoms with Crippen molar-refractivity contribution in [3.05, 3.63) is 36.1 Å². The Morgan fingerprint density at radius 3 is 2.45 bits per heavy atom. The molecule has 0 radical (unpaired) electrons. The van der Waals surface area contributed by atoms with Crippen LogP contribution < -0.4 is 0 Å². The zero-order valence-corrected chi connectivity index (χ0v) is 12.4. The lowest BCUT2D eigenvalue weighted by Gasteiger charge is -2.35. The Bertz CT molecular complexity index is 699. The van der Waals surface area contributed by atoms with Gasteiger partial charge in [0.15, 0.2) is 0 Å². The number of para-hydroxylation sites is 1. The zero-order chi connectivity index (χ0) is 15.7. The number of aliphatic hydroxyl groups is 1. The first-order valence-electron chi connectivity index (χ1n) is 7.30. The summed E-state index contributed by atoms with van der Waals surface area (Å²) in [6.07, 6.45) is 0.486. The number of amides is 2. The van der Waals surface area contributed by atoms with E-state index in [1.807, 2.05) is 24.3 Å². The SMILES string of the molecule is CC(O)C(=O)N1CCN(C(=O)c2coc3ccccc23)CC1. The van der Waals surface area contributed by atoms with Gasteiger partial charge in [0, 0.05) is 31.6 Å². The molecule has 0 aliphatic carbocycles. The summed E-state index contributed by atoms with van der Waals surface area (Å²) in [4.78, 5) is 27.6. The number of furan rings is 1. The van der Waals surface area contributed by atoms with E-state index in [0.717, 1.165) is 5.39 Å². The quantitative estimate of drug-likeness (QED) is 0.901. The molecule has 22 heavy (non-hydrogen) atoms. The van der Waals surface area contributed by atoms with E-state index in [1.165, 1.54) is 13.2 Å². The molecule has 1 atom stereocenters. The molecule has 0 saturated carbocycles. The molecule has 2 aromatic rings. The fourth-order valence-corrected chi connectivity index (χ4v) is 2.71. The van der Waals surface area contributed by atoms with Crippen LogP contribution >= 0.6 is 0 Å². The normalized spacial score (nSPS) is 16.8. The van der Waals surface area contributed by atoms with Gasteiger partial charge < -0.3 is 19.3 Å². The van der Waals surface area contributed by atoms with Gasteiger partial charge in [-0.3, -0.25) is 9.59 Å². The van der Waals surface area contributed by atoms with Gasteiger partial charge in [0.25, 0.3) is 11.8 Å². The first kappa shape index (κ1) is 14.6. The maximum Gasteiger partial charge on any atom is 0.257 e. The van der Waals surface area contributed by atoms with E-state index >= 15 is 0 Å². The number of piperazine rings is 1. The summed E-state index contributed by atoms with van der Waals surface area (Å²) in [7, 11) is 0. The van der Waals surface area contributed by atoms with Crippen LogP contribution in [0.1, 0.15) is 17.3 Å². The maximum atomic E-state index is 12.6. The third kappa shape index (κ3) is 2.57. The molecule has 1 aliphatic rings. The molecule has 116 valence electrons. The van der Waals surface area contributed by atoms with Crippen molar-refractivity contribution in [1.29, 1.82) is 0 Å². The number of carbonyl (C=O) groups excluding carboxylic acids is 2. The van der Waals surface area contributed by atoms with Crippen molar-refractivity contribution in [2.24, 2.45) is 0 Å². The molecule has 1 unspecified atom stereocenters. The summed E-state index contributed by atoms with van der Waals surface area (Å²) in [5.41, 5.74) is 1.24. The van der Waals surface area contributed by atoms with Crippen LogP contribution in [0.15, 0.2) is 34.9 Å². The van der Waals surface area contributed by atoms with Crippen LogP contribution in [0.3, 0.4) is 0 Å². The largest absolute Gasteiger partial charge is 0.463 e. The monoisotopic (exact) mass is 302 g/mol. The standard InChI is InChI=1S/C16H18N2O4/c1-11(19)15(20)17-6-8-18(9-7-17)16(21)13-10-22-14-5-3-2-4-12(13)14/h2-5,10-11,19H,6-9H2,1H3. The smallest absolute Gasteiger partial charge is 0.257 e. The fraction of sp³-hybridized carbons (Fsp3) is 0.375. The topological polar surface area (TPSA) is 74.0 Å². The summed E-state index contributed by atoms with van der Waals surface area (Å²) in [6, 6.07) is 7.42. The lowest BCUT2D eigenvalue weighted by molar-refractivity contribution is -0.140. The van der Waals surface area contributed by atoms with E-state index < -0.39 is 6.10 Å². The molecule has 1 saturated heterocycles. The minimum absolute atomic E-state index is 0.0888. The van der Waals surface area contributed by atoms with Crippen LogP contribution in [0.2, 0.25) is 0 Å². The fourth-order valence-electron chi connectivity index (χ4n) is 2.71. The van der Waals surface area contributed by atoms with Crippen molar-refractivity contribution in [3.63, 3.8) is 0 Å². The average molecular weight is 302 g/mol. The van der Waals surface area contributed by atoms with E-state index in [1.54, 1.807) is 9.80 Å². The zero-order valence-electron chi connectivity index (χ0n) is 12.4. The number of benzene rings is 1. The Balaban J connectivity index is 1.71. The van der Waals surface area contributed by atoms with Gasteiger partial charge in [-0.05, 0) is 13.0 Å². The summed E-state index contributed by atoms with van der Waals surface area (Å²) >= 11 is 0. The Morgan fingerprint density at radius 2 is 1.77 bits per heavy atom. The predicted octanol–water partition coefficient (Wildman–Crippen LogP) is 1.10. The summed E-state index contributed by atoms with van der Waals surface area (Å²) in [6.45, 7) is 3.24. The molecule has 2 heterocycles. The van der Waals surface area contributed by atoms with Gasteiger partial charge in [-0.1, -0.05) is 18.2 Å². The van der Waals surface area contributed by atoms with Crippen molar-refractivity contribution >= 4 is 22.8 Å². The Kier molecular flexibility index (Phi) is 3.85. The highest BCUT2D eigenvalue weighted by Gasteiger charge is 2.27. The minimum Gasteiger partial charge on any atom is -0.463 e. The van der Waals surface area contributed by atoms with Gasteiger partial charge in [0.2, 0.25) is 0 Å². The molecular weight excluding hydrogens is 284 g/mol. The molecule has 0 bridgehead atoms. The molecule has 3 rings (SSSR count). The van der Waals surface area contributed by atoms with Crippen molar-refractivity contribution in [1.82, 2.24) is 9.80 Å². The molecule has 1 N–H and O–H groups in total. The summed E-state index contributed by atoms with van der Waals surface area (Å²) in [5, 5.41) is 10.1. The number of rotatable bonds is 2. The summed E-state index contributed by atoms with van der Waals surface area (Å²) in [5.74, 6) is -0.380. The van der Waals surface area contributed by atoms with Crippen LogP contribution in [0, 0.1) is 0 Å². The number of carbonyl (C=O) groups is 2. The van der Waals surface area contributed by atoms with E-state index in [2.05, 4.69) is 0 Å². The van der Waals surface area contributed by atoms with Crippen LogP contribution in [-0.2, 0) is 4.79 Å². The van der Waals surface area contributed by atoms with Gasteiger partial charge >= 0.3 is 0 Å². The van der Waals surface area contributed by atoms with Crippen molar-refractivity contribution < 1.29 is 19.1 Å². The number of hydrogen-bond acceptors (Lipinski definition) is 4. The molecule has 6 heteroatoms. The summed E-state index contributed by atoms with van der Waals surface area (Å²) < 4.78 is 5.41.